The van der Waals surface area contributed by atoms with Gasteiger partial charge in [0.05, 0.1) is 11.1 Å². The molecule has 8 nitrogen and oxygen atoms in total. The minimum absolute atomic E-state index is 0.171. The Morgan fingerprint density at radius 3 is 2.83 bits per heavy atom. The van der Waals surface area contributed by atoms with Crippen molar-refractivity contribution in [3.8, 4) is 21.7 Å². The molecular weight excluding hydrogens is 472 g/mol. The van der Waals surface area contributed by atoms with Crippen molar-refractivity contribution < 1.29 is 8.78 Å². The van der Waals surface area contributed by atoms with Crippen molar-refractivity contribution >= 4 is 27.4 Å². The lowest BCUT2D eigenvalue weighted by Crippen LogP contribution is -2.21. The molecule has 0 radical (unpaired) electrons. The summed E-state index contributed by atoms with van der Waals surface area (Å²) in [4.78, 5) is 27.0. The molecular formula is C24H21F2N7OS. The van der Waals surface area contributed by atoms with Crippen molar-refractivity contribution in [3.05, 3.63) is 82.9 Å². The predicted molar refractivity (Wildman–Crippen MR) is 132 cm³/mol. The molecule has 4 heterocycles. The number of rotatable bonds is 8. The third-order valence-corrected chi connectivity index (χ3v) is 6.68. The van der Waals surface area contributed by atoms with Crippen LogP contribution in [0.5, 0.6) is 0 Å². The number of anilines is 1. The second kappa shape index (κ2) is 9.72. The lowest BCUT2D eigenvalue weighted by Gasteiger charge is -2.10. The van der Waals surface area contributed by atoms with E-state index in [9.17, 15) is 13.6 Å². The summed E-state index contributed by atoms with van der Waals surface area (Å²) in [6, 6.07) is 9.03. The molecule has 178 valence electrons. The number of benzene rings is 1. The summed E-state index contributed by atoms with van der Waals surface area (Å²) < 4.78 is 31.2. The number of aromatic nitrogens is 5. The van der Waals surface area contributed by atoms with Gasteiger partial charge in [0.2, 0.25) is 11.9 Å². The summed E-state index contributed by atoms with van der Waals surface area (Å²) in [5.41, 5.74) is 2.40. The predicted octanol–water partition coefficient (Wildman–Crippen LogP) is 4.02. The Hall–Kier alpha value is -3.96. The van der Waals surface area contributed by atoms with Gasteiger partial charge < -0.3 is 15.6 Å². The second-order valence-corrected chi connectivity index (χ2v) is 8.86. The molecule has 0 amide bonds. The van der Waals surface area contributed by atoms with Gasteiger partial charge in [0.25, 0.3) is 0 Å². The molecule has 0 spiro atoms. The highest BCUT2D eigenvalue weighted by molar-refractivity contribution is 7.22. The van der Waals surface area contributed by atoms with Crippen LogP contribution in [0.4, 0.5) is 14.7 Å². The monoisotopic (exact) mass is 493 g/mol. The van der Waals surface area contributed by atoms with E-state index in [2.05, 4.69) is 30.6 Å². The van der Waals surface area contributed by atoms with E-state index in [-0.39, 0.29) is 17.3 Å². The first kappa shape index (κ1) is 22.8. The molecule has 0 aliphatic heterocycles. The number of nitrogens with one attached hydrogen (secondary N) is 3. The lowest BCUT2D eigenvalue weighted by atomic mass is 10.0. The number of pyridine rings is 1. The molecule has 11 heteroatoms. The normalized spacial score (nSPS) is 11.3. The standard InChI is InChI=1S/C24H21F2N7OS/c1-27-11-15-12-30-20(26)10-17(15)16-4-2-3-14-9-19(35-22(14)16)21-18(25)13-31-23(32-21)28-5-7-33-8-6-29-24(33)34/h2-4,6,8-10,12-13,27H,5,7,11H2,1H3,(H,29,34)(H,28,31,32). The number of hydrogen-bond acceptors (Lipinski definition) is 7. The van der Waals surface area contributed by atoms with Crippen molar-refractivity contribution in [1.82, 2.24) is 29.8 Å². The fourth-order valence-electron chi connectivity index (χ4n) is 3.87. The van der Waals surface area contributed by atoms with Gasteiger partial charge in [-0.15, -0.1) is 11.3 Å². The van der Waals surface area contributed by atoms with Crippen LogP contribution in [0.25, 0.3) is 31.8 Å². The van der Waals surface area contributed by atoms with Gasteiger partial charge in [-0.1, -0.05) is 18.2 Å². The van der Waals surface area contributed by atoms with Gasteiger partial charge in [-0.25, -0.2) is 24.1 Å². The highest BCUT2D eigenvalue weighted by Crippen LogP contribution is 2.40. The molecule has 5 aromatic rings. The van der Waals surface area contributed by atoms with Crippen molar-refractivity contribution in [1.29, 1.82) is 0 Å². The van der Waals surface area contributed by atoms with E-state index in [1.165, 1.54) is 28.2 Å². The number of fused-ring (bicyclic) bond motifs is 1. The van der Waals surface area contributed by atoms with E-state index in [0.717, 1.165) is 33.0 Å². The van der Waals surface area contributed by atoms with E-state index in [1.54, 1.807) is 12.4 Å². The lowest BCUT2D eigenvalue weighted by molar-refractivity contribution is 0.582. The molecule has 0 atom stereocenters. The zero-order valence-corrected chi connectivity index (χ0v) is 19.5. The summed E-state index contributed by atoms with van der Waals surface area (Å²) in [6.07, 6.45) is 5.86. The molecule has 0 saturated heterocycles. The van der Waals surface area contributed by atoms with Gasteiger partial charge >= 0.3 is 5.69 Å². The van der Waals surface area contributed by atoms with Crippen LogP contribution in [0.15, 0.2) is 59.9 Å². The van der Waals surface area contributed by atoms with Crippen molar-refractivity contribution in [2.45, 2.75) is 13.1 Å². The van der Waals surface area contributed by atoms with Gasteiger partial charge in [-0.05, 0) is 29.6 Å². The Balaban J connectivity index is 1.48. The number of aromatic amines is 1. The van der Waals surface area contributed by atoms with Gasteiger partial charge in [0.15, 0.2) is 5.82 Å². The molecule has 0 aliphatic carbocycles. The quantitative estimate of drug-likeness (QED) is 0.282. The minimum atomic E-state index is -0.562. The Morgan fingerprint density at radius 2 is 2.03 bits per heavy atom. The number of H-pyrrole nitrogens is 1. The van der Waals surface area contributed by atoms with Crippen LogP contribution in [0.3, 0.4) is 0 Å². The molecule has 0 aliphatic rings. The first-order valence-corrected chi connectivity index (χ1v) is 11.7. The van der Waals surface area contributed by atoms with Crippen LogP contribution in [-0.4, -0.2) is 38.1 Å². The fraction of sp³-hybridized carbons (Fsp3) is 0.167. The Bertz CT molecular complexity index is 1560. The van der Waals surface area contributed by atoms with Crippen LogP contribution >= 0.6 is 11.3 Å². The summed E-state index contributed by atoms with van der Waals surface area (Å²) in [5, 5.41) is 7.01. The SMILES string of the molecule is CNCc1cnc(F)cc1-c1cccc2cc(-c3nc(NCCn4cc[nH]c4=O)ncc3F)sc12. The molecule has 4 aromatic heterocycles. The molecule has 35 heavy (non-hydrogen) atoms. The first-order valence-electron chi connectivity index (χ1n) is 10.9. The summed E-state index contributed by atoms with van der Waals surface area (Å²) in [5.74, 6) is -0.848. The van der Waals surface area contributed by atoms with Crippen molar-refractivity contribution in [2.24, 2.45) is 0 Å². The molecule has 0 fully saturated rings. The molecule has 5 rings (SSSR count). The summed E-state index contributed by atoms with van der Waals surface area (Å²) >= 11 is 1.38. The maximum Gasteiger partial charge on any atom is 0.325 e. The van der Waals surface area contributed by atoms with Crippen molar-refractivity contribution in [2.75, 3.05) is 18.9 Å². The third kappa shape index (κ3) is 4.68. The average molecular weight is 494 g/mol. The molecule has 1 aromatic carbocycles. The highest BCUT2D eigenvalue weighted by atomic mass is 32.1. The maximum absolute atomic E-state index is 14.8. The third-order valence-electron chi connectivity index (χ3n) is 5.49. The molecule has 0 saturated carbocycles. The highest BCUT2D eigenvalue weighted by Gasteiger charge is 2.17. The maximum atomic E-state index is 14.8. The number of thiophene rings is 1. The van der Waals surface area contributed by atoms with Gasteiger partial charge in [0.1, 0.15) is 5.69 Å². The molecule has 0 unspecified atom stereocenters. The second-order valence-electron chi connectivity index (χ2n) is 7.80. The van der Waals surface area contributed by atoms with E-state index in [4.69, 9.17) is 0 Å². The Morgan fingerprint density at radius 1 is 1.14 bits per heavy atom. The van der Waals surface area contributed by atoms with E-state index < -0.39 is 11.8 Å². The smallest absolute Gasteiger partial charge is 0.325 e. The largest absolute Gasteiger partial charge is 0.352 e. The summed E-state index contributed by atoms with van der Waals surface area (Å²) in [7, 11) is 1.82. The average Bonchev–Trinajstić information content (AvgIpc) is 3.47. The van der Waals surface area contributed by atoms with Gasteiger partial charge in [-0.2, -0.15) is 4.39 Å². The zero-order chi connectivity index (χ0) is 24.4. The minimum Gasteiger partial charge on any atom is -0.352 e. The Labute approximate surface area is 202 Å². The molecule has 0 bridgehead atoms. The van der Waals surface area contributed by atoms with Crippen molar-refractivity contribution in [3.63, 3.8) is 0 Å². The van der Waals surface area contributed by atoms with Crippen LogP contribution in [0.1, 0.15) is 5.56 Å². The van der Waals surface area contributed by atoms with E-state index >= 15 is 0 Å². The fourth-order valence-corrected chi connectivity index (χ4v) is 5.05. The van der Waals surface area contributed by atoms with Gasteiger partial charge in [0, 0.05) is 54.6 Å². The molecule has 3 N–H and O–H groups in total. The zero-order valence-electron chi connectivity index (χ0n) is 18.7. The number of halogens is 2. The number of imidazole rings is 1. The Kier molecular flexibility index (Phi) is 6.34. The first-order chi connectivity index (χ1) is 17.0. The summed E-state index contributed by atoms with van der Waals surface area (Å²) in [6.45, 7) is 1.32. The number of nitrogens with zero attached hydrogens (tertiary/aromatic N) is 4. The van der Waals surface area contributed by atoms with Gasteiger partial charge in [-0.3, -0.25) is 4.57 Å². The number of hydrogen-bond donors (Lipinski definition) is 3. The van der Waals surface area contributed by atoms with Crippen LogP contribution in [0, 0.1) is 11.8 Å². The van der Waals surface area contributed by atoms with E-state index in [0.29, 0.717) is 24.5 Å². The van der Waals surface area contributed by atoms with Crippen LogP contribution in [-0.2, 0) is 13.1 Å². The van der Waals surface area contributed by atoms with E-state index in [1.807, 2.05) is 31.3 Å². The van der Waals surface area contributed by atoms with Crippen LogP contribution in [0.2, 0.25) is 0 Å². The topological polar surface area (TPSA) is 101 Å². The van der Waals surface area contributed by atoms with Crippen LogP contribution < -0.4 is 16.3 Å².